The molecule has 0 saturated carbocycles. The largest absolute Gasteiger partial charge is 0.368 e. The van der Waals surface area contributed by atoms with E-state index in [2.05, 4.69) is 25.2 Å². The van der Waals surface area contributed by atoms with Gasteiger partial charge in [0, 0.05) is 64.6 Å². The number of carbonyl (C=O) groups is 1. The quantitative estimate of drug-likeness (QED) is 0.354. The molecule has 37 heavy (non-hydrogen) atoms. The molecule has 5 rings (SSSR count). The predicted molar refractivity (Wildman–Crippen MR) is 149 cm³/mol. The molecule has 11 heteroatoms. The van der Waals surface area contributed by atoms with Gasteiger partial charge in [-0.3, -0.25) is 9.52 Å². The lowest BCUT2D eigenvalue weighted by Crippen LogP contribution is -2.55. The third-order valence-electron chi connectivity index (χ3n) is 6.81. The van der Waals surface area contributed by atoms with Crippen LogP contribution >= 0.6 is 22.9 Å². The highest BCUT2D eigenvalue weighted by atomic mass is 35.5. The van der Waals surface area contributed by atoms with Gasteiger partial charge in [0.25, 0.3) is 10.0 Å². The number of benzene rings is 2. The van der Waals surface area contributed by atoms with E-state index < -0.39 is 10.0 Å². The predicted octanol–water partition coefficient (Wildman–Crippen LogP) is 5.16. The lowest BCUT2D eigenvalue weighted by atomic mass is 10.1. The number of piperazine rings is 1. The Morgan fingerprint density at radius 3 is 2.59 bits per heavy atom. The van der Waals surface area contributed by atoms with Gasteiger partial charge in [-0.05, 0) is 69.3 Å². The number of halogens is 1. The normalized spacial score (nSPS) is 17.2. The lowest BCUT2D eigenvalue weighted by Gasteiger charge is -2.42. The van der Waals surface area contributed by atoms with Gasteiger partial charge in [-0.2, -0.15) is 0 Å². The second-order valence-electron chi connectivity index (χ2n) is 9.30. The average molecular weight is 558 g/mol. The second kappa shape index (κ2) is 10.00. The molecule has 3 heterocycles. The van der Waals surface area contributed by atoms with Crippen LogP contribution in [-0.4, -0.2) is 54.5 Å². The first-order valence-corrected chi connectivity index (χ1v) is 14.7. The minimum absolute atomic E-state index is 0.00439. The maximum atomic E-state index is 13.6. The minimum atomic E-state index is -3.70. The second-order valence-corrected chi connectivity index (χ2v) is 12.3. The zero-order chi connectivity index (χ0) is 26.3. The number of carbonyl (C=O) groups excluding carboxylic acids is 1. The Labute approximate surface area is 225 Å². The number of thiazole rings is 1. The van der Waals surface area contributed by atoms with Gasteiger partial charge < -0.3 is 14.4 Å². The smallest absolute Gasteiger partial charge is 0.263 e. The van der Waals surface area contributed by atoms with Crippen molar-refractivity contribution < 1.29 is 13.2 Å². The molecule has 2 atom stereocenters. The van der Waals surface area contributed by atoms with Gasteiger partial charge in [0.1, 0.15) is 6.04 Å². The number of amides is 1. The highest BCUT2D eigenvalue weighted by Crippen LogP contribution is 2.29. The number of aromatic nitrogens is 2. The first-order valence-electron chi connectivity index (χ1n) is 12.0. The van der Waals surface area contributed by atoms with E-state index in [0.717, 1.165) is 22.3 Å². The van der Waals surface area contributed by atoms with E-state index in [1.807, 2.05) is 56.0 Å². The van der Waals surface area contributed by atoms with Crippen molar-refractivity contribution in [1.82, 2.24) is 14.5 Å². The van der Waals surface area contributed by atoms with Crippen molar-refractivity contribution in [2.75, 3.05) is 29.3 Å². The molecule has 2 aromatic carbocycles. The van der Waals surface area contributed by atoms with Crippen molar-refractivity contribution in [3.05, 3.63) is 70.8 Å². The van der Waals surface area contributed by atoms with Crippen molar-refractivity contribution in [3.63, 3.8) is 0 Å². The molecule has 1 amide bonds. The molecule has 1 aliphatic rings. The molecule has 1 aliphatic heterocycles. The SMILES string of the molecule is Cc1cc2cc(Cl)ccc2n1C(C)C(=O)N1CCN(c2ccc(S(=O)(=O)Nc3nccs3)cc2)CC1C. The molecule has 0 bridgehead atoms. The molecular weight excluding hydrogens is 530 g/mol. The molecule has 2 aromatic heterocycles. The van der Waals surface area contributed by atoms with Crippen LogP contribution in [0.25, 0.3) is 10.9 Å². The van der Waals surface area contributed by atoms with Gasteiger partial charge in [0.05, 0.1) is 4.90 Å². The maximum Gasteiger partial charge on any atom is 0.263 e. The first-order chi connectivity index (χ1) is 17.6. The van der Waals surface area contributed by atoms with Gasteiger partial charge in [-0.1, -0.05) is 11.6 Å². The Bertz CT molecular complexity index is 1530. The summed E-state index contributed by atoms with van der Waals surface area (Å²) in [5.41, 5.74) is 2.93. The monoisotopic (exact) mass is 557 g/mol. The molecule has 0 spiro atoms. The summed E-state index contributed by atoms with van der Waals surface area (Å²) < 4.78 is 29.8. The summed E-state index contributed by atoms with van der Waals surface area (Å²) in [6.45, 7) is 7.90. The van der Waals surface area contributed by atoms with E-state index in [0.29, 0.717) is 29.8 Å². The Hall–Kier alpha value is -3.08. The number of nitrogens with zero attached hydrogens (tertiary/aromatic N) is 4. The fraction of sp³-hybridized carbons (Fsp3) is 0.308. The molecule has 0 radical (unpaired) electrons. The highest BCUT2D eigenvalue weighted by Gasteiger charge is 2.32. The van der Waals surface area contributed by atoms with Crippen LogP contribution in [0.5, 0.6) is 0 Å². The third-order valence-corrected chi connectivity index (χ3v) is 9.22. The Kier molecular flexibility index (Phi) is 6.91. The summed E-state index contributed by atoms with van der Waals surface area (Å²) in [6.07, 6.45) is 1.55. The van der Waals surface area contributed by atoms with Crippen molar-refractivity contribution in [1.29, 1.82) is 0 Å². The van der Waals surface area contributed by atoms with Gasteiger partial charge >= 0.3 is 0 Å². The van der Waals surface area contributed by atoms with Gasteiger partial charge in [0.2, 0.25) is 5.91 Å². The summed E-state index contributed by atoms with van der Waals surface area (Å²) in [4.78, 5) is 21.9. The van der Waals surface area contributed by atoms with E-state index >= 15 is 0 Å². The Morgan fingerprint density at radius 2 is 1.92 bits per heavy atom. The van der Waals surface area contributed by atoms with Crippen LogP contribution in [0.15, 0.2) is 65.0 Å². The number of aryl methyl sites for hydroxylation is 1. The van der Waals surface area contributed by atoms with Gasteiger partial charge in [-0.15, -0.1) is 11.3 Å². The molecule has 1 N–H and O–H groups in total. The average Bonchev–Trinajstić information content (AvgIpc) is 3.49. The summed E-state index contributed by atoms with van der Waals surface area (Å²) in [7, 11) is -3.70. The third kappa shape index (κ3) is 5.05. The zero-order valence-electron chi connectivity index (χ0n) is 20.8. The van der Waals surface area contributed by atoms with Crippen molar-refractivity contribution in [2.45, 2.75) is 37.8 Å². The fourth-order valence-corrected chi connectivity index (χ4v) is 6.98. The maximum absolute atomic E-state index is 13.6. The summed E-state index contributed by atoms with van der Waals surface area (Å²) >= 11 is 7.39. The molecular formula is C26H28ClN5O3S2. The zero-order valence-corrected chi connectivity index (χ0v) is 23.1. The van der Waals surface area contributed by atoms with Gasteiger partial charge in [0.15, 0.2) is 5.13 Å². The molecule has 0 aliphatic carbocycles. The van der Waals surface area contributed by atoms with E-state index in [4.69, 9.17) is 11.6 Å². The van der Waals surface area contributed by atoms with Crippen molar-refractivity contribution >= 4 is 60.6 Å². The van der Waals surface area contributed by atoms with Crippen LogP contribution in [0.1, 0.15) is 25.6 Å². The van der Waals surface area contributed by atoms with Crippen molar-refractivity contribution in [3.8, 4) is 0 Å². The number of hydrogen-bond acceptors (Lipinski definition) is 6. The topological polar surface area (TPSA) is 87.5 Å². The number of sulfonamides is 1. The van der Waals surface area contributed by atoms with Crippen LogP contribution in [-0.2, 0) is 14.8 Å². The Morgan fingerprint density at radius 1 is 1.16 bits per heavy atom. The number of nitrogens with one attached hydrogen (secondary N) is 1. The molecule has 1 saturated heterocycles. The number of rotatable bonds is 6. The van der Waals surface area contributed by atoms with Crippen LogP contribution in [0.4, 0.5) is 10.8 Å². The van der Waals surface area contributed by atoms with E-state index in [1.54, 1.807) is 23.7 Å². The summed E-state index contributed by atoms with van der Waals surface area (Å²) in [6, 6.07) is 14.3. The van der Waals surface area contributed by atoms with Crippen LogP contribution < -0.4 is 9.62 Å². The molecule has 194 valence electrons. The fourth-order valence-electron chi connectivity index (χ4n) is 5.01. The summed E-state index contributed by atoms with van der Waals surface area (Å²) in [5.74, 6) is 0.0809. The van der Waals surface area contributed by atoms with Crippen molar-refractivity contribution in [2.24, 2.45) is 0 Å². The van der Waals surface area contributed by atoms with E-state index in [9.17, 15) is 13.2 Å². The first kappa shape index (κ1) is 25.6. The highest BCUT2D eigenvalue weighted by molar-refractivity contribution is 7.93. The molecule has 8 nitrogen and oxygen atoms in total. The van der Waals surface area contributed by atoms with Crippen LogP contribution in [0, 0.1) is 6.92 Å². The van der Waals surface area contributed by atoms with Gasteiger partial charge in [-0.25, -0.2) is 13.4 Å². The minimum Gasteiger partial charge on any atom is -0.368 e. The molecule has 4 aromatic rings. The van der Waals surface area contributed by atoms with Crippen LogP contribution in [0.3, 0.4) is 0 Å². The molecule has 1 fully saturated rings. The summed E-state index contributed by atoms with van der Waals surface area (Å²) in [5, 5.41) is 3.75. The number of anilines is 2. The standard InChI is InChI=1S/C26H28ClN5O3S2/c1-17-14-20-15-21(27)4-9-24(20)32(17)19(3)25(33)31-12-11-30(16-18(31)2)22-5-7-23(8-6-22)37(34,35)29-26-28-10-13-36-26/h4-10,13-15,18-19H,11-12,16H2,1-3H3,(H,28,29). The number of fused-ring (bicyclic) bond motifs is 1. The molecule has 2 unspecified atom stereocenters. The van der Waals surface area contributed by atoms with E-state index in [1.165, 1.54) is 11.3 Å². The number of hydrogen-bond donors (Lipinski definition) is 1. The Balaban J connectivity index is 1.27. The van der Waals surface area contributed by atoms with Crippen LogP contribution in [0.2, 0.25) is 5.02 Å². The lowest BCUT2D eigenvalue weighted by molar-refractivity contribution is -0.136. The van der Waals surface area contributed by atoms with E-state index in [-0.39, 0.29) is 22.9 Å².